The first-order chi connectivity index (χ1) is 15.5. The Bertz CT molecular complexity index is 1150. The minimum Gasteiger partial charge on any atom is -0.466 e. The normalized spacial score (nSPS) is 14.6. The molecular weight excluding hydrogens is 409 g/mol. The van der Waals surface area contributed by atoms with Gasteiger partial charge < -0.3 is 4.74 Å². The van der Waals surface area contributed by atoms with Crippen LogP contribution in [0.5, 0.6) is 0 Å². The summed E-state index contributed by atoms with van der Waals surface area (Å²) in [6.07, 6.45) is 6.11. The summed E-state index contributed by atoms with van der Waals surface area (Å²) in [5.41, 5.74) is 2.74. The van der Waals surface area contributed by atoms with E-state index in [1.807, 2.05) is 12.1 Å². The van der Waals surface area contributed by atoms with Crippen molar-refractivity contribution in [3.05, 3.63) is 58.3 Å². The van der Waals surface area contributed by atoms with Crippen LogP contribution in [0.3, 0.4) is 0 Å². The largest absolute Gasteiger partial charge is 0.466 e. The Morgan fingerprint density at radius 3 is 2.56 bits per heavy atom. The molecule has 168 valence electrons. The van der Waals surface area contributed by atoms with Crippen LogP contribution >= 0.6 is 0 Å². The molecule has 0 saturated heterocycles. The highest BCUT2D eigenvalue weighted by molar-refractivity contribution is 5.75. The Hall–Kier alpha value is -3.09. The summed E-state index contributed by atoms with van der Waals surface area (Å²) >= 11 is 0. The number of fused-ring (bicyclic) bond motifs is 1. The Labute approximate surface area is 186 Å². The highest BCUT2D eigenvalue weighted by Crippen LogP contribution is 2.26. The molecule has 2 heterocycles. The van der Waals surface area contributed by atoms with Crippen LogP contribution < -0.4 is 5.56 Å². The standard InChI is InChI=1S/C25H28FN3O3/c1-2-32-23(30)15-14-22-25(31)29(16-17-6-4-3-5-7-17)24-21(27-22)13-12-20(28-24)18-8-10-19(26)11-9-18/h8-13,17H,2-7,14-16H2,1H3. The Morgan fingerprint density at radius 2 is 1.84 bits per heavy atom. The molecule has 7 heteroatoms. The van der Waals surface area contributed by atoms with Crippen molar-refractivity contribution in [1.82, 2.24) is 14.5 Å². The van der Waals surface area contributed by atoms with Gasteiger partial charge in [-0.3, -0.25) is 14.2 Å². The molecule has 1 aliphatic rings. The van der Waals surface area contributed by atoms with Gasteiger partial charge in [-0.25, -0.2) is 14.4 Å². The van der Waals surface area contributed by atoms with Crippen LogP contribution in [0.2, 0.25) is 0 Å². The van der Waals surface area contributed by atoms with Crippen LogP contribution in [0.1, 0.15) is 51.1 Å². The van der Waals surface area contributed by atoms with E-state index in [0.29, 0.717) is 41.6 Å². The average molecular weight is 438 g/mol. The van der Waals surface area contributed by atoms with Gasteiger partial charge in [-0.15, -0.1) is 0 Å². The highest BCUT2D eigenvalue weighted by atomic mass is 19.1. The number of carbonyl (C=O) groups is 1. The second-order valence-electron chi connectivity index (χ2n) is 8.33. The second kappa shape index (κ2) is 10.0. The average Bonchev–Trinajstić information content (AvgIpc) is 2.81. The maximum atomic E-state index is 13.4. The number of benzene rings is 1. The first-order valence-corrected chi connectivity index (χ1v) is 11.4. The van der Waals surface area contributed by atoms with Gasteiger partial charge in [-0.05, 0) is 62.1 Å². The number of esters is 1. The number of halogens is 1. The summed E-state index contributed by atoms with van der Waals surface area (Å²) in [5.74, 6) is -0.227. The van der Waals surface area contributed by atoms with E-state index in [-0.39, 0.29) is 30.2 Å². The third-order valence-electron chi connectivity index (χ3n) is 6.03. The van der Waals surface area contributed by atoms with Gasteiger partial charge in [0.2, 0.25) is 0 Å². The predicted molar refractivity (Wildman–Crippen MR) is 121 cm³/mol. The van der Waals surface area contributed by atoms with Gasteiger partial charge in [0.25, 0.3) is 5.56 Å². The van der Waals surface area contributed by atoms with Crippen molar-refractivity contribution < 1.29 is 13.9 Å². The third kappa shape index (κ3) is 5.03. The smallest absolute Gasteiger partial charge is 0.306 e. The monoisotopic (exact) mass is 437 g/mol. The minimum atomic E-state index is -0.336. The summed E-state index contributed by atoms with van der Waals surface area (Å²) < 4.78 is 20.1. The summed E-state index contributed by atoms with van der Waals surface area (Å²) in [5, 5.41) is 0. The van der Waals surface area contributed by atoms with Crippen LogP contribution in [-0.2, 0) is 22.5 Å². The fraction of sp³-hybridized carbons (Fsp3) is 0.440. The quantitative estimate of drug-likeness (QED) is 0.502. The van der Waals surface area contributed by atoms with Crippen molar-refractivity contribution in [2.24, 2.45) is 5.92 Å². The summed E-state index contributed by atoms with van der Waals surface area (Å²) in [4.78, 5) is 34.5. The number of hydrogen-bond acceptors (Lipinski definition) is 5. The van der Waals surface area contributed by atoms with Crippen molar-refractivity contribution >= 4 is 17.1 Å². The molecule has 0 aliphatic heterocycles. The van der Waals surface area contributed by atoms with Crippen molar-refractivity contribution in [3.63, 3.8) is 0 Å². The van der Waals surface area contributed by atoms with Crippen LogP contribution in [0.4, 0.5) is 4.39 Å². The number of carbonyl (C=O) groups excluding carboxylic acids is 1. The number of aryl methyl sites for hydroxylation is 1. The molecule has 1 saturated carbocycles. The van der Waals surface area contributed by atoms with Gasteiger partial charge in [0.1, 0.15) is 17.0 Å². The zero-order valence-electron chi connectivity index (χ0n) is 18.3. The van der Waals surface area contributed by atoms with Gasteiger partial charge in [-0.2, -0.15) is 0 Å². The first kappa shape index (κ1) is 22.1. The van der Waals surface area contributed by atoms with Gasteiger partial charge in [0.05, 0.1) is 18.7 Å². The van der Waals surface area contributed by atoms with E-state index in [1.165, 1.54) is 31.4 Å². The fourth-order valence-electron chi connectivity index (χ4n) is 4.37. The van der Waals surface area contributed by atoms with Crippen LogP contribution in [0, 0.1) is 11.7 Å². The van der Waals surface area contributed by atoms with Crippen molar-refractivity contribution in [1.29, 1.82) is 0 Å². The number of hydrogen-bond donors (Lipinski definition) is 0. The topological polar surface area (TPSA) is 74.1 Å². The van der Waals surface area contributed by atoms with Gasteiger partial charge >= 0.3 is 5.97 Å². The summed E-state index contributed by atoms with van der Waals surface area (Å²) in [6, 6.07) is 9.81. The maximum absolute atomic E-state index is 13.4. The number of pyridine rings is 1. The van der Waals surface area contributed by atoms with Crippen LogP contribution in [-0.4, -0.2) is 27.1 Å². The van der Waals surface area contributed by atoms with E-state index >= 15 is 0 Å². The molecule has 3 aromatic rings. The molecule has 2 aromatic heterocycles. The molecule has 0 atom stereocenters. The lowest BCUT2D eigenvalue weighted by Gasteiger charge is -2.23. The van der Waals surface area contributed by atoms with E-state index in [9.17, 15) is 14.0 Å². The zero-order valence-corrected chi connectivity index (χ0v) is 18.3. The lowest BCUT2D eigenvalue weighted by molar-refractivity contribution is -0.143. The molecule has 0 amide bonds. The van der Waals surface area contributed by atoms with Gasteiger partial charge in [0, 0.05) is 18.5 Å². The molecule has 0 radical (unpaired) electrons. The summed E-state index contributed by atoms with van der Waals surface area (Å²) in [7, 11) is 0. The molecule has 6 nitrogen and oxygen atoms in total. The van der Waals surface area contributed by atoms with Crippen molar-refractivity contribution in [2.75, 3.05) is 6.61 Å². The minimum absolute atomic E-state index is 0.117. The fourth-order valence-corrected chi connectivity index (χ4v) is 4.37. The zero-order chi connectivity index (χ0) is 22.5. The Balaban J connectivity index is 1.75. The molecule has 4 rings (SSSR count). The first-order valence-electron chi connectivity index (χ1n) is 11.4. The van der Waals surface area contributed by atoms with Gasteiger partial charge in [0.15, 0.2) is 5.65 Å². The molecule has 1 fully saturated rings. The number of ether oxygens (including phenoxy) is 1. The lowest BCUT2D eigenvalue weighted by atomic mass is 9.89. The van der Waals surface area contributed by atoms with E-state index in [0.717, 1.165) is 18.4 Å². The molecule has 0 unspecified atom stereocenters. The van der Waals surface area contributed by atoms with Crippen molar-refractivity contribution in [3.8, 4) is 11.3 Å². The van der Waals surface area contributed by atoms with Gasteiger partial charge in [-0.1, -0.05) is 19.3 Å². The highest BCUT2D eigenvalue weighted by Gasteiger charge is 2.20. The number of aromatic nitrogens is 3. The molecule has 1 aromatic carbocycles. The Kier molecular flexibility index (Phi) is 6.93. The molecule has 1 aliphatic carbocycles. The molecular formula is C25H28FN3O3. The second-order valence-corrected chi connectivity index (χ2v) is 8.33. The third-order valence-corrected chi connectivity index (χ3v) is 6.03. The molecule has 32 heavy (non-hydrogen) atoms. The lowest BCUT2D eigenvalue weighted by Crippen LogP contribution is -2.30. The maximum Gasteiger partial charge on any atom is 0.306 e. The number of rotatable bonds is 7. The molecule has 0 bridgehead atoms. The molecule has 0 N–H and O–H groups in total. The summed E-state index contributed by atoms with van der Waals surface area (Å²) in [6.45, 7) is 2.66. The van der Waals surface area contributed by atoms with Crippen LogP contribution in [0.25, 0.3) is 22.4 Å². The SMILES string of the molecule is CCOC(=O)CCc1nc2ccc(-c3ccc(F)cc3)nc2n(CC2CCCCC2)c1=O. The van der Waals surface area contributed by atoms with E-state index < -0.39 is 0 Å². The Morgan fingerprint density at radius 1 is 1.09 bits per heavy atom. The van der Waals surface area contributed by atoms with E-state index in [4.69, 9.17) is 9.72 Å². The van der Waals surface area contributed by atoms with Crippen molar-refractivity contribution in [2.45, 2.75) is 58.4 Å². The number of nitrogens with zero attached hydrogens (tertiary/aromatic N) is 3. The van der Waals surface area contributed by atoms with E-state index in [2.05, 4.69) is 4.98 Å². The molecule has 0 spiro atoms. The predicted octanol–water partition coefficient (Wildman–Crippen LogP) is 4.67. The van der Waals surface area contributed by atoms with Crippen LogP contribution in [0.15, 0.2) is 41.2 Å². The van der Waals surface area contributed by atoms with E-state index in [1.54, 1.807) is 23.6 Å².